The number of aromatic amines is 1. The van der Waals surface area contributed by atoms with Gasteiger partial charge in [-0.05, 0) is 0 Å². The molecule has 1 atom stereocenters. The van der Waals surface area contributed by atoms with E-state index in [4.69, 9.17) is 5.73 Å². The normalized spacial score (nSPS) is 13.1. The SMILES string of the molecule is Cn1cc(C(N)c2ncn[nH]2)cn1. The van der Waals surface area contributed by atoms with Crippen molar-refractivity contribution in [2.75, 3.05) is 0 Å². The number of rotatable bonds is 2. The van der Waals surface area contributed by atoms with Gasteiger partial charge in [0.25, 0.3) is 0 Å². The third kappa shape index (κ3) is 1.43. The quantitative estimate of drug-likeness (QED) is 0.654. The van der Waals surface area contributed by atoms with E-state index in [1.807, 2.05) is 13.2 Å². The molecule has 0 aliphatic heterocycles. The number of aryl methyl sites for hydroxylation is 1. The van der Waals surface area contributed by atoms with Crippen molar-refractivity contribution >= 4 is 0 Å². The summed E-state index contributed by atoms with van der Waals surface area (Å²) in [6.45, 7) is 0. The monoisotopic (exact) mass is 178 g/mol. The number of hydrogen-bond acceptors (Lipinski definition) is 4. The van der Waals surface area contributed by atoms with E-state index in [-0.39, 0.29) is 6.04 Å². The van der Waals surface area contributed by atoms with Crippen molar-refractivity contribution < 1.29 is 0 Å². The second-order valence-electron chi connectivity index (χ2n) is 2.80. The highest BCUT2D eigenvalue weighted by Gasteiger charge is 2.12. The fourth-order valence-electron chi connectivity index (χ4n) is 1.12. The lowest BCUT2D eigenvalue weighted by Crippen LogP contribution is -2.12. The van der Waals surface area contributed by atoms with Gasteiger partial charge in [0.15, 0.2) is 0 Å². The van der Waals surface area contributed by atoms with E-state index >= 15 is 0 Å². The molecule has 0 spiro atoms. The first kappa shape index (κ1) is 7.93. The molecular formula is C7H10N6. The molecule has 0 aliphatic rings. The van der Waals surface area contributed by atoms with Crippen molar-refractivity contribution in [3.63, 3.8) is 0 Å². The van der Waals surface area contributed by atoms with Gasteiger partial charge in [0.05, 0.1) is 12.2 Å². The molecule has 68 valence electrons. The summed E-state index contributed by atoms with van der Waals surface area (Å²) in [6.07, 6.45) is 5.01. The van der Waals surface area contributed by atoms with Crippen molar-refractivity contribution in [2.45, 2.75) is 6.04 Å². The highest BCUT2D eigenvalue weighted by molar-refractivity contribution is 5.17. The Morgan fingerprint density at radius 3 is 3.00 bits per heavy atom. The van der Waals surface area contributed by atoms with E-state index < -0.39 is 0 Å². The zero-order valence-corrected chi connectivity index (χ0v) is 7.18. The third-order valence-corrected chi connectivity index (χ3v) is 1.81. The topological polar surface area (TPSA) is 85.4 Å². The zero-order chi connectivity index (χ0) is 9.26. The summed E-state index contributed by atoms with van der Waals surface area (Å²) in [5.41, 5.74) is 6.80. The van der Waals surface area contributed by atoms with Gasteiger partial charge in [-0.1, -0.05) is 0 Å². The van der Waals surface area contributed by atoms with Gasteiger partial charge >= 0.3 is 0 Å². The lowest BCUT2D eigenvalue weighted by molar-refractivity contribution is 0.759. The Bertz CT molecular complexity index is 375. The smallest absolute Gasteiger partial charge is 0.145 e. The first-order valence-electron chi connectivity index (χ1n) is 3.87. The molecule has 0 aliphatic carbocycles. The molecule has 1 unspecified atom stereocenters. The minimum atomic E-state index is -0.281. The molecule has 0 saturated heterocycles. The van der Waals surface area contributed by atoms with Gasteiger partial charge in [0.1, 0.15) is 12.2 Å². The number of nitrogens with two attached hydrogens (primary N) is 1. The molecule has 0 fully saturated rings. The minimum Gasteiger partial charge on any atom is -0.318 e. The molecule has 2 aromatic rings. The minimum absolute atomic E-state index is 0.281. The summed E-state index contributed by atoms with van der Waals surface area (Å²) < 4.78 is 1.70. The first-order chi connectivity index (χ1) is 6.27. The van der Waals surface area contributed by atoms with E-state index in [0.717, 1.165) is 5.56 Å². The number of aromatic nitrogens is 5. The maximum atomic E-state index is 5.89. The highest BCUT2D eigenvalue weighted by atomic mass is 15.2. The molecule has 13 heavy (non-hydrogen) atoms. The van der Waals surface area contributed by atoms with Crippen molar-refractivity contribution in [2.24, 2.45) is 12.8 Å². The van der Waals surface area contributed by atoms with Crippen LogP contribution in [0, 0.1) is 0 Å². The van der Waals surface area contributed by atoms with E-state index in [1.54, 1.807) is 10.9 Å². The molecule has 3 N–H and O–H groups in total. The van der Waals surface area contributed by atoms with Gasteiger partial charge in [0.2, 0.25) is 0 Å². The Labute approximate surface area is 74.8 Å². The van der Waals surface area contributed by atoms with Crippen LogP contribution in [0.4, 0.5) is 0 Å². The lowest BCUT2D eigenvalue weighted by atomic mass is 10.2. The van der Waals surface area contributed by atoms with Crippen LogP contribution in [0.3, 0.4) is 0 Å². The number of hydrogen-bond donors (Lipinski definition) is 2. The van der Waals surface area contributed by atoms with Crippen LogP contribution in [-0.4, -0.2) is 25.0 Å². The molecule has 2 heterocycles. The van der Waals surface area contributed by atoms with Crippen molar-refractivity contribution in [1.29, 1.82) is 0 Å². The van der Waals surface area contributed by atoms with Crippen LogP contribution in [0.25, 0.3) is 0 Å². The first-order valence-corrected chi connectivity index (χ1v) is 3.87. The predicted molar refractivity (Wildman–Crippen MR) is 45.6 cm³/mol. The van der Waals surface area contributed by atoms with Crippen LogP contribution in [0.1, 0.15) is 17.4 Å². The molecule has 0 aromatic carbocycles. The largest absolute Gasteiger partial charge is 0.318 e. The van der Waals surface area contributed by atoms with E-state index in [9.17, 15) is 0 Å². The lowest BCUT2D eigenvalue weighted by Gasteiger charge is -2.03. The molecular weight excluding hydrogens is 168 g/mol. The summed E-state index contributed by atoms with van der Waals surface area (Å²) in [5.74, 6) is 0.646. The van der Waals surface area contributed by atoms with Crippen LogP contribution in [0.5, 0.6) is 0 Å². The van der Waals surface area contributed by atoms with Crippen LogP contribution in [0.2, 0.25) is 0 Å². The van der Waals surface area contributed by atoms with Gasteiger partial charge in [-0.3, -0.25) is 9.78 Å². The predicted octanol–water partition coefficient (Wildman–Crippen LogP) is -0.414. The van der Waals surface area contributed by atoms with Crippen LogP contribution in [0.15, 0.2) is 18.7 Å². The summed E-state index contributed by atoms with van der Waals surface area (Å²) in [5, 5.41) is 10.5. The fraction of sp³-hybridized carbons (Fsp3) is 0.286. The number of H-pyrrole nitrogens is 1. The van der Waals surface area contributed by atoms with Gasteiger partial charge in [-0.25, -0.2) is 4.98 Å². The molecule has 0 bridgehead atoms. The van der Waals surface area contributed by atoms with E-state index in [1.165, 1.54) is 6.33 Å². The molecule has 2 aromatic heterocycles. The van der Waals surface area contributed by atoms with Crippen LogP contribution >= 0.6 is 0 Å². The summed E-state index contributed by atoms with van der Waals surface area (Å²) in [4.78, 5) is 3.97. The molecule has 2 rings (SSSR count). The molecule has 6 heteroatoms. The second kappa shape index (κ2) is 2.98. The third-order valence-electron chi connectivity index (χ3n) is 1.81. The maximum Gasteiger partial charge on any atom is 0.145 e. The average molecular weight is 178 g/mol. The standard InChI is InChI=1S/C7H10N6/c1-13-3-5(2-11-13)6(8)7-9-4-10-12-7/h2-4,6H,8H2,1H3,(H,9,10,12). The number of nitrogens with one attached hydrogen (secondary N) is 1. The molecule has 6 nitrogen and oxygen atoms in total. The molecule has 0 radical (unpaired) electrons. The van der Waals surface area contributed by atoms with E-state index in [2.05, 4.69) is 20.3 Å². The number of nitrogens with zero attached hydrogens (tertiary/aromatic N) is 4. The van der Waals surface area contributed by atoms with Gasteiger partial charge < -0.3 is 5.73 Å². The van der Waals surface area contributed by atoms with Crippen molar-refractivity contribution in [3.8, 4) is 0 Å². The van der Waals surface area contributed by atoms with Gasteiger partial charge in [-0.2, -0.15) is 10.2 Å². The maximum absolute atomic E-state index is 5.89. The van der Waals surface area contributed by atoms with E-state index in [0.29, 0.717) is 5.82 Å². The summed E-state index contributed by atoms with van der Waals surface area (Å²) in [7, 11) is 1.84. The van der Waals surface area contributed by atoms with Crippen molar-refractivity contribution in [3.05, 3.63) is 30.1 Å². The molecule has 0 saturated carbocycles. The average Bonchev–Trinajstić information content (AvgIpc) is 2.72. The van der Waals surface area contributed by atoms with Crippen LogP contribution in [-0.2, 0) is 7.05 Å². The highest BCUT2D eigenvalue weighted by Crippen LogP contribution is 2.13. The Hall–Kier alpha value is -1.69. The fourth-order valence-corrected chi connectivity index (χ4v) is 1.12. The summed E-state index contributed by atoms with van der Waals surface area (Å²) >= 11 is 0. The van der Waals surface area contributed by atoms with Gasteiger partial charge in [-0.15, -0.1) is 0 Å². The summed E-state index contributed by atoms with van der Waals surface area (Å²) in [6, 6.07) is -0.281. The van der Waals surface area contributed by atoms with Crippen molar-refractivity contribution in [1.82, 2.24) is 25.0 Å². The Balaban J connectivity index is 2.28. The Morgan fingerprint density at radius 1 is 1.62 bits per heavy atom. The zero-order valence-electron chi connectivity index (χ0n) is 7.18. The van der Waals surface area contributed by atoms with Crippen LogP contribution < -0.4 is 5.73 Å². The second-order valence-corrected chi connectivity index (χ2v) is 2.80. The Morgan fingerprint density at radius 2 is 2.46 bits per heavy atom. The Kier molecular flexibility index (Phi) is 1.82. The van der Waals surface area contributed by atoms with Gasteiger partial charge in [0, 0.05) is 18.8 Å². The molecule has 0 amide bonds.